The molecule has 0 radical (unpaired) electrons. The summed E-state index contributed by atoms with van der Waals surface area (Å²) in [7, 11) is 2.79. The van der Waals surface area contributed by atoms with E-state index in [2.05, 4.69) is 39.4 Å². The van der Waals surface area contributed by atoms with Crippen molar-refractivity contribution >= 4 is 70.7 Å². The Bertz CT molecular complexity index is 3550. The second kappa shape index (κ2) is 29.9. The maximum absolute atomic E-state index is 14.4. The number of imide groups is 1. The highest BCUT2D eigenvalue weighted by Gasteiger charge is 2.48. The molecule has 5 aliphatic rings. The van der Waals surface area contributed by atoms with E-state index in [1.165, 1.54) is 65.1 Å². The van der Waals surface area contributed by atoms with Gasteiger partial charge in [0.05, 0.1) is 74.3 Å². The van der Waals surface area contributed by atoms with Gasteiger partial charge in [0, 0.05) is 62.6 Å². The van der Waals surface area contributed by atoms with Gasteiger partial charge < -0.3 is 70.5 Å². The Morgan fingerprint density at radius 1 is 0.731 bits per heavy atom. The minimum Gasteiger partial charge on any atom is -0.493 e. The van der Waals surface area contributed by atoms with Crippen LogP contribution in [0.4, 0.5) is 31.4 Å². The van der Waals surface area contributed by atoms with Gasteiger partial charge in [0.15, 0.2) is 35.5 Å². The molecule has 9 rings (SSSR count). The predicted molar refractivity (Wildman–Crippen MR) is 334 cm³/mol. The van der Waals surface area contributed by atoms with Gasteiger partial charge in [0.1, 0.15) is 18.3 Å². The fourth-order valence-electron chi connectivity index (χ4n) is 11.9. The lowest BCUT2D eigenvalue weighted by Crippen LogP contribution is -2.50. The minimum absolute atomic E-state index is 0.00893. The molecule has 29 heteroatoms. The normalized spacial score (nSPS) is 18.9. The molecule has 29 nitrogen and oxygen atoms in total. The van der Waals surface area contributed by atoms with Gasteiger partial charge in [-0.2, -0.15) is 0 Å². The van der Waals surface area contributed by atoms with Crippen LogP contribution < -0.4 is 50.4 Å². The van der Waals surface area contributed by atoms with Crippen LogP contribution in [-0.2, 0) is 30.5 Å². The van der Waals surface area contributed by atoms with Crippen LogP contribution in [0.3, 0.4) is 0 Å². The van der Waals surface area contributed by atoms with Crippen molar-refractivity contribution in [2.24, 2.45) is 11.7 Å². The Morgan fingerprint density at radius 3 is 1.84 bits per heavy atom. The van der Waals surface area contributed by atoms with Gasteiger partial charge in [-0.15, -0.1) is 5.10 Å². The lowest BCUT2D eigenvalue weighted by molar-refractivity contribution is -0.137. The Balaban J connectivity index is 0.816. The molecule has 2 saturated heterocycles. The number of nitrogens with two attached hydrogens (primary N) is 1. The largest absolute Gasteiger partial charge is 0.493 e. The number of unbranched alkanes of at least 4 members (excludes halogenated alkanes) is 4. The van der Waals surface area contributed by atoms with E-state index in [1.807, 2.05) is 13.8 Å². The zero-order valence-corrected chi connectivity index (χ0v) is 52.2. The number of fused-ring (bicyclic) bond motifs is 4. The van der Waals surface area contributed by atoms with Gasteiger partial charge in [-0.25, -0.2) is 28.9 Å². The molecule has 10 amide bonds. The van der Waals surface area contributed by atoms with Crippen molar-refractivity contribution in [3.05, 3.63) is 114 Å². The number of benzene rings is 3. The number of nitrogens with one attached hydrogen (secondary N) is 3. The second-order valence-corrected chi connectivity index (χ2v) is 23.6. The van der Waals surface area contributed by atoms with Gasteiger partial charge in [-0.3, -0.25) is 33.7 Å². The quantitative estimate of drug-likeness (QED) is 0.0204. The van der Waals surface area contributed by atoms with E-state index in [-0.39, 0.29) is 141 Å². The Kier molecular flexibility index (Phi) is 21.7. The highest BCUT2D eigenvalue weighted by atomic mass is 16.6. The monoisotopic (exact) mass is 1290 g/mol. The first kappa shape index (κ1) is 67.4. The van der Waals surface area contributed by atoms with Crippen molar-refractivity contribution in [2.75, 3.05) is 68.7 Å². The van der Waals surface area contributed by atoms with Gasteiger partial charge >= 0.3 is 18.2 Å². The summed E-state index contributed by atoms with van der Waals surface area (Å²) in [5.41, 5.74) is 7.97. The Labute approximate surface area is 536 Å². The van der Waals surface area contributed by atoms with Gasteiger partial charge in [0.2, 0.25) is 11.8 Å². The highest BCUT2D eigenvalue weighted by Crippen LogP contribution is 2.44. The first-order chi connectivity index (χ1) is 44.6. The Morgan fingerprint density at radius 2 is 1.29 bits per heavy atom. The summed E-state index contributed by atoms with van der Waals surface area (Å²) in [5, 5.41) is 50.5. The number of amides is 10. The standard InChI is InChI=1S/C64H78N12O17/c1-36(2)56(68-53(77)15-9-7-10-23-71-54(78)20-21-55(71)79)43-34-74(70-69-43)44(14-13-22-66-62(65)85)57(80)67-40-18-16-39(17-19-40)35-93-64(88)76-46-31-52(50(90-6)29-42(46)59(82)73-33-38(4)27-48(73)61(76)84)92-25-12-8-11-24-91-51-30-45-41(28-49(51)89-5)58(81)72-32-37(3)26-47(72)60(83)75(45)63(86)87/h16-21,28-31,34,36,44,47-48,56,60-61,83-84H,3-4,7-15,22-27,32-33,35H2,1-2,5-6H3,(H,67,80)(H,68,77)(H,86,87)(H3,65,66,85)/t44-,47-,48-,56-,60-,61-/m0/s1. The average molecular weight is 1290 g/mol. The molecule has 6 atom stereocenters. The number of carbonyl (C=O) groups is 9. The van der Waals surface area contributed by atoms with Crippen LogP contribution in [0.15, 0.2) is 91.2 Å². The predicted octanol–water partition coefficient (Wildman–Crippen LogP) is 5.68. The number of carboxylic acid groups (broad SMARTS) is 1. The van der Waals surface area contributed by atoms with Crippen LogP contribution >= 0.6 is 0 Å². The molecular formula is C64H78N12O17. The number of urea groups is 1. The first-order valence-electron chi connectivity index (χ1n) is 30.7. The van der Waals surface area contributed by atoms with Crippen molar-refractivity contribution < 1.29 is 82.2 Å². The van der Waals surface area contributed by atoms with Crippen molar-refractivity contribution in [1.29, 1.82) is 0 Å². The molecule has 2 fully saturated rings. The number of aliphatic hydroxyl groups excluding tert-OH is 2. The lowest BCUT2D eigenvalue weighted by atomic mass is 10.0. The third-order valence-electron chi connectivity index (χ3n) is 16.7. The Hall–Kier alpha value is -10.0. The zero-order valence-electron chi connectivity index (χ0n) is 52.2. The number of aliphatic hydroxyl groups is 2. The third-order valence-corrected chi connectivity index (χ3v) is 16.7. The summed E-state index contributed by atoms with van der Waals surface area (Å²) >= 11 is 0. The van der Waals surface area contributed by atoms with Crippen molar-refractivity contribution in [3.8, 4) is 23.0 Å². The van der Waals surface area contributed by atoms with Gasteiger partial charge in [-0.1, -0.05) is 61.9 Å². The number of hydrogen-bond donors (Lipinski definition) is 7. The van der Waals surface area contributed by atoms with Crippen molar-refractivity contribution in [2.45, 2.75) is 128 Å². The van der Waals surface area contributed by atoms with Crippen LogP contribution in [-0.4, -0.2) is 177 Å². The summed E-state index contributed by atoms with van der Waals surface area (Å²) in [5.74, 6) is -1.79. The molecule has 0 spiro atoms. The van der Waals surface area contributed by atoms with E-state index in [4.69, 9.17) is 29.4 Å². The second-order valence-electron chi connectivity index (χ2n) is 23.6. The number of rotatable bonds is 28. The van der Waals surface area contributed by atoms with Crippen LogP contribution in [0.2, 0.25) is 0 Å². The summed E-state index contributed by atoms with van der Waals surface area (Å²) in [6.07, 6.45) is 2.85. The molecule has 3 aromatic carbocycles. The first-order valence-corrected chi connectivity index (χ1v) is 30.7. The summed E-state index contributed by atoms with van der Waals surface area (Å²) < 4.78 is 30.8. The minimum atomic E-state index is -1.58. The number of methoxy groups -OCH3 is 2. The van der Waals surface area contributed by atoms with Crippen LogP contribution in [0.25, 0.3) is 0 Å². The number of ether oxygens (including phenoxy) is 5. The van der Waals surface area contributed by atoms with E-state index in [1.54, 1.807) is 30.5 Å². The maximum atomic E-state index is 14.4. The maximum Gasteiger partial charge on any atom is 0.416 e. The molecule has 8 N–H and O–H groups in total. The molecule has 0 aliphatic carbocycles. The van der Waals surface area contributed by atoms with E-state index >= 15 is 0 Å². The number of anilines is 3. The molecule has 0 bridgehead atoms. The van der Waals surface area contributed by atoms with Crippen LogP contribution in [0, 0.1) is 5.92 Å². The van der Waals surface area contributed by atoms with Gasteiger partial charge in [-0.05, 0) is 93.5 Å². The summed E-state index contributed by atoms with van der Waals surface area (Å²) in [4.78, 5) is 123. The molecule has 4 aromatic rings. The summed E-state index contributed by atoms with van der Waals surface area (Å²) in [6, 6.07) is 8.22. The molecule has 6 heterocycles. The summed E-state index contributed by atoms with van der Waals surface area (Å²) in [6.45, 7) is 12.5. The smallest absolute Gasteiger partial charge is 0.416 e. The van der Waals surface area contributed by atoms with Crippen LogP contribution in [0.1, 0.15) is 129 Å². The van der Waals surface area contributed by atoms with E-state index in [0.29, 0.717) is 73.0 Å². The fourth-order valence-corrected chi connectivity index (χ4v) is 11.9. The molecule has 496 valence electrons. The van der Waals surface area contributed by atoms with E-state index in [9.17, 15) is 58.5 Å². The third kappa shape index (κ3) is 15.5. The van der Waals surface area contributed by atoms with E-state index in [0.717, 1.165) is 14.7 Å². The molecule has 1 aromatic heterocycles. The average Bonchev–Trinajstić information content (AvgIpc) is 1.64. The SMILES string of the molecule is C=C1C[C@H]2[C@H](O)N(C(=O)O)c3cc(OCCCCCOc4cc5c(cc4OC)C(=O)N4CC(=C)C[C@H]4[C@H](O)N5C(=O)OCc4ccc(NC(=O)[C@H](CCCNC(N)=O)n5cc([C@@H](NC(=O)CCCCCN6C(=O)C=CC6=O)C(C)C)nn5)cc4)c(OC)cc3C(=O)N2C1. The van der Waals surface area contributed by atoms with Gasteiger partial charge in [0.25, 0.3) is 23.6 Å². The van der Waals surface area contributed by atoms with E-state index < -0.39 is 72.6 Å². The number of aromatic nitrogens is 3. The topological polar surface area (TPSA) is 369 Å². The highest BCUT2D eigenvalue weighted by molar-refractivity contribution is 6.13. The lowest BCUT2D eigenvalue weighted by Gasteiger charge is -2.31. The fraction of sp³-hybridized carbons (Fsp3) is 0.453. The van der Waals surface area contributed by atoms with Crippen LogP contribution in [0.5, 0.6) is 23.0 Å². The number of carbonyl (C=O) groups excluding carboxylic acids is 8. The molecule has 0 unspecified atom stereocenters. The van der Waals surface area contributed by atoms with Crippen molar-refractivity contribution in [1.82, 2.24) is 40.3 Å². The zero-order chi connectivity index (χ0) is 66.8. The molecular weight excluding hydrogens is 1210 g/mol. The number of hydrogen-bond acceptors (Lipinski definition) is 18. The molecule has 93 heavy (non-hydrogen) atoms. The molecule has 0 saturated carbocycles. The van der Waals surface area contributed by atoms with Crippen molar-refractivity contribution in [3.63, 3.8) is 0 Å². The number of nitrogens with zero attached hydrogens (tertiary/aromatic N) is 8. The number of primary amides is 1. The molecule has 5 aliphatic heterocycles.